The van der Waals surface area contributed by atoms with E-state index in [1.165, 1.54) is 5.56 Å². The number of hydrogen-bond donors (Lipinski definition) is 1. The topological polar surface area (TPSA) is 30.5 Å². The molecule has 1 heterocycles. The van der Waals surface area contributed by atoms with Crippen LogP contribution in [0.5, 0.6) is 5.75 Å². The van der Waals surface area contributed by atoms with Crippen molar-refractivity contribution < 1.29 is 9.57 Å². The molecule has 0 saturated carbocycles. The van der Waals surface area contributed by atoms with Crippen molar-refractivity contribution in [3.8, 4) is 5.75 Å². The van der Waals surface area contributed by atoms with E-state index in [0.717, 1.165) is 29.4 Å². The van der Waals surface area contributed by atoms with Gasteiger partial charge in [0, 0.05) is 23.6 Å². The maximum atomic E-state index is 6.07. The average Bonchev–Trinajstić information content (AvgIpc) is 2.63. The molecule has 1 aliphatic heterocycles. The minimum Gasteiger partial charge on any atom is -0.493 e. The zero-order valence-corrected chi connectivity index (χ0v) is 11.2. The number of fused-ring (bicyclic) bond motifs is 1. The van der Waals surface area contributed by atoms with Gasteiger partial charge in [0.15, 0.2) is 0 Å². The molecule has 0 radical (unpaired) electrons. The zero-order chi connectivity index (χ0) is 12.5. The first kappa shape index (κ1) is 12.7. The number of halogens is 1. The van der Waals surface area contributed by atoms with Crippen LogP contribution in [0.3, 0.4) is 0 Å². The van der Waals surface area contributed by atoms with Crippen LogP contribution >= 0.6 is 11.6 Å². The van der Waals surface area contributed by atoms with Crippen LogP contribution in [0.4, 0.5) is 0 Å². The van der Waals surface area contributed by atoms with E-state index in [0.29, 0.717) is 6.54 Å². The quantitative estimate of drug-likeness (QED) is 0.842. The summed E-state index contributed by atoms with van der Waals surface area (Å²) in [6.45, 7) is 7.33. The summed E-state index contributed by atoms with van der Waals surface area (Å²) in [4.78, 5) is 5.48. The van der Waals surface area contributed by atoms with Crippen molar-refractivity contribution in [1.29, 1.82) is 0 Å². The molecule has 0 aliphatic carbocycles. The Kier molecular flexibility index (Phi) is 3.61. The molecule has 94 valence electrons. The lowest BCUT2D eigenvalue weighted by molar-refractivity contribution is -0.0759. The van der Waals surface area contributed by atoms with Crippen LogP contribution in [0.1, 0.15) is 31.9 Å². The van der Waals surface area contributed by atoms with Crippen molar-refractivity contribution in [3.63, 3.8) is 0 Å². The van der Waals surface area contributed by atoms with Gasteiger partial charge in [0.25, 0.3) is 0 Å². The molecule has 3 nitrogen and oxygen atoms in total. The lowest BCUT2D eigenvalue weighted by Gasteiger charge is -2.20. The number of nitrogens with one attached hydrogen (secondary N) is 1. The van der Waals surface area contributed by atoms with Gasteiger partial charge in [-0.15, -0.1) is 0 Å². The molecule has 0 fully saturated rings. The van der Waals surface area contributed by atoms with E-state index in [1.807, 2.05) is 32.9 Å². The fraction of sp³-hybridized carbons (Fsp3) is 0.538. The highest BCUT2D eigenvalue weighted by molar-refractivity contribution is 6.30. The molecule has 17 heavy (non-hydrogen) atoms. The van der Waals surface area contributed by atoms with Crippen molar-refractivity contribution >= 4 is 11.6 Å². The second kappa shape index (κ2) is 4.84. The number of ether oxygens (including phenoxy) is 1. The second-order valence-corrected chi connectivity index (χ2v) is 5.62. The summed E-state index contributed by atoms with van der Waals surface area (Å²) in [5.74, 6) is 0.958. The highest BCUT2D eigenvalue weighted by atomic mass is 35.5. The van der Waals surface area contributed by atoms with Crippen LogP contribution in [0.25, 0.3) is 0 Å². The van der Waals surface area contributed by atoms with Crippen molar-refractivity contribution in [2.75, 3.05) is 6.61 Å². The third-order valence-electron chi connectivity index (χ3n) is 2.47. The van der Waals surface area contributed by atoms with Crippen LogP contribution in [-0.2, 0) is 17.8 Å². The van der Waals surface area contributed by atoms with Crippen molar-refractivity contribution in [1.82, 2.24) is 5.48 Å². The lowest BCUT2D eigenvalue weighted by atomic mass is 10.1. The van der Waals surface area contributed by atoms with Gasteiger partial charge in [-0.3, -0.25) is 4.84 Å². The molecule has 2 rings (SSSR count). The Morgan fingerprint density at radius 1 is 1.41 bits per heavy atom. The van der Waals surface area contributed by atoms with Crippen molar-refractivity contribution in [2.24, 2.45) is 0 Å². The molecule has 0 aromatic heterocycles. The molecule has 0 amide bonds. The molecule has 0 bridgehead atoms. The molecule has 4 heteroatoms. The smallest absolute Gasteiger partial charge is 0.127 e. The fourth-order valence-electron chi connectivity index (χ4n) is 1.81. The zero-order valence-electron chi connectivity index (χ0n) is 10.5. The fourth-order valence-corrected chi connectivity index (χ4v) is 2.07. The Labute approximate surface area is 107 Å². The minimum absolute atomic E-state index is 0.206. The Hall–Kier alpha value is -0.770. The summed E-state index contributed by atoms with van der Waals surface area (Å²) >= 11 is 6.07. The summed E-state index contributed by atoms with van der Waals surface area (Å²) in [6, 6.07) is 3.89. The maximum Gasteiger partial charge on any atom is 0.127 e. The van der Waals surface area contributed by atoms with Gasteiger partial charge < -0.3 is 4.74 Å². The first-order chi connectivity index (χ1) is 7.96. The molecule has 1 N–H and O–H groups in total. The molecule has 0 saturated heterocycles. The molecule has 1 aromatic rings. The summed E-state index contributed by atoms with van der Waals surface area (Å²) in [5.41, 5.74) is 4.99. The SMILES string of the molecule is CC(C)(C)ONCc1cc(Cl)cc2c1OCC2. The molecule has 0 unspecified atom stereocenters. The van der Waals surface area contributed by atoms with Gasteiger partial charge in [-0.1, -0.05) is 11.6 Å². The van der Waals surface area contributed by atoms with E-state index in [2.05, 4.69) is 5.48 Å². The average molecular weight is 256 g/mol. The first-order valence-electron chi connectivity index (χ1n) is 5.81. The number of rotatable bonds is 3. The van der Waals surface area contributed by atoms with E-state index in [9.17, 15) is 0 Å². The van der Waals surface area contributed by atoms with E-state index >= 15 is 0 Å². The highest BCUT2D eigenvalue weighted by Crippen LogP contribution is 2.32. The number of hydroxylamine groups is 1. The Balaban J connectivity index is 2.06. The summed E-state index contributed by atoms with van der Waals surface area (Å²) in [7, 11) is 0. The second-order valence-electron chi connectivity index (χ2n) is 5.19. The number of hydrogen-bond acceptors (Lipinski definition) is 3. The molecule has 0 atom stereocenters. The van der Waals surface area contributed by atoms with Gasteiger partial charge in [-0.2, -0.15) is 5.48 Å². The predicted molar refractivity (Wildman–Crippen MR) is 68.3 cm³/mol. The summed E-state index contributed by atoms with van der Waals surface area (Å²) in [5, 5.41) is 0.752. The lowest BCUT2D eigenvalue weighted by Crippen LogP contribution is -2.28. The Bertz CT molecular complexity index is 413. The van der Waals surface area contributed by atoms with E-state index in [1.54, 1.807) is 0 Å². The van der Waals surface area contributed by atoms with E-state index in [4.69, 9.17) is 21.2 Å². The number of benzene rings is 1. The van der Waals surface area contributed by atoms with E-state index in [-0.39, 0.29) is 5.60 Å². The Morgan fingerprint density at radius 3 is 2.88 bits per heavy atom. The minimum atomic E-state index is -0.206. The largest absolute Gasteiger partial charge is 0.493 e. The third kappa shape index (κ3) is 3.35. The Morgan fingerprint density at radius 2 is 2.18 bits per heavy atom. The molecule has 1 aromatic carbocycles. The maximum absolute atomic E-state index is 6.07. The predicted octanol–water partition coefficient (Wildman–Crippen LogP) is 3.09. The van der Waals surface area contributed by atoms with Gasteiger partial charge in [0.05, 0.1) is 12.2 Å². The van der Waals surface area contributed by atoms with Gasteiger partial charge in [-0.25, -0.2) is 0 Å². The monoisotopic (exact) mass is 255 g/mol. The van der Waals surface area contributed by atoms with Crippen LogP contribution < -0.4 is 10.2 Å². The van der Waals surface area contributed by atoms with Crippen LogP contribution in [0.15, 0.2) is 12.1 Å². The van der Waals surface area contributed by atoms with Gasteiger partial charge >= 0.3 is 0 Å². The normalized spacial score (nSPS) is 14.6. The van der Waals surface area contributed by atoms with Gasteiger partial charge in [0.1, 0.15) is 5.75 Å². The van der Waals surface area contributed by atoms with Crippen molar-refractivity contribution in [3.05, 3.63) is 28.3 Å². The van der Waals surface area contributed by atoms with Crippen molar-refractivity contribution in [2.45, 2.75) is 39.3 Å². The molecular weight excluding hydrogens is 238 g/mol. The summed E-state index contributed by atoms with van der Waals surface area (Å²) in [6.07, 6.45) is 0.934. The van der Waals surface area contributed by atoms with Gasteiger partial charge in [0.2, 0.25) is 0 Å². The highest BCUT2D eigenvalue weighted by Gasteiger charge is 2.18. The van der Waals surface area contributed by atoms with Crippen LogP contribution in [0, 0.1) is 0 Å². The third-order valence-corrected chi connectivity index (χ3v) is 2.68. The standard InChI is InChI=1S/C13H18ClNO2/c1-13(2,3)17-15-8-10-7-11(14)6-9-4-5-16-12(9)10/h6-7,15H,4-5,8H2,1-3H3. The van der Waals surface area contributed by atoms with Crippen LogP contribution in [0.2, 0.25) is 5.02 Å². The van der Waals surface area contributed by atoms with E-state index < -0.39 is 0 Å². The molecule has 0 spiro atoms. The van der Waals surface area contributed by atoms with Gasteiger partial charge in [-0.05, 0) is 38.5 Å². The molecule has 1 aliphatic rings. The van der Waals surface area contributed by atoms with Crippen LogP contribution in [-0.4, -0.2) is 12.2 Å². The molecular formula is C13H18ClNO2. The summed E-state index contributed by atoms with van der Waals surface area (Å²) < 4.78 is 5.61. The first-order valence-corrected chi connectivity index (χ1v) is 6.18.